The van der Waals surface area contributed by atoms with Crippen LogP contribution in [0.2, 0.25) is 0 Å². The van der Waals surface area contributed by atoms with Crippen LogP contribution in [-0.4, -0.2) is 37.5 Å². The number of alkyl halides is 6. The monoisotopic (exact) mass is 250 g/mol. The van der Waals surface area contributed by atoms with Crippen LogP contribution in [0, 0.1) is 5.92 Å². The lowest BCUT2D eigenvalue weighted by Crippen LogP contribution is -2.41. The molecule has 0 aromatic carbocycles. The van der Waals surface area contributed by atoms with Gasteiger partial charge in [-0.15, -0.1) is 0 Å². The molecule has 0 bridgehead atoms. The van der Waals surface area contributed by atoms with Crippen molar-refractivity contribution in [2.24, 2.45) is 5.92 Å². The van der Waals surface area contributed by atoms with Gasteiger partial charge in [0.2, 0.25) is 0 Å². The van der Waals surface area contributed by atoms with E-state index in [1.54, 1.807) is 0 Å². The molecule has 0 nitrogen and oxygen atoms in total. The molecule has 0 saturated heterocycles. The molecule has 16 heavy (non-hydrogen) atoms. The molecule has 0 radical (unpaired) electrons. The number of hydrogen-bond donors (Lipinski definition) is 0. The fourth-order valence-corrected chi connectivity index (χ4v) is 1.18. The first-order valence-corrected chi connectivity index (χ1v) is 5.09. The van der Waals surface area contributed by atoms with Crippen molar-refractivity contribution < 1.29 is 26.3 Å². The second-order valence-electron chi connectivity index (χ2n) is 4.02. The highest BCUT2D eigenvalue weighted by Crippen LogP contribution is 2.25. The molecule has 5 unspecified atom stereocenters. The first kappa shape index (κ1) is 15.6. The van der Waals surface area contributed by atoms with E-state index >= 15 is 0 Å². The molecule has 98 valence electrons. The molecule has 0 N–H and O–H groups in total. The molecule has 0 spiro atoms. The van der Waals surface area contributed by atoms with Gasteiger partial charge in [-0.3, -0.25) is 4.39 Å². The van der Waals surface area contributed by atoms with Gasteiger partial charge in [0.25, 0.3) is 0 Å². The zero-order valence-corrected chi connectivity index (χ0v) is 9.15. The van der Waals surface area contributed by atoms with Crippen LogP contribution < -0.4 is 0 Å². The predicted octanol–water partition coefficient (Wildman–Crippen LogP) is 3.69. The molecule has 0 saturated carbocycles. The minimum absolute atomic E-state index is 0.834. The standard InChI is InChI=1S/C10H16F6/c1-5(2)7(13)9(15)10(16)8(14)6(12)3-4-11/h5-10H,3-4H2,1-2H3. The van der Waals surface area contributed by atoms with Gasteiger partial charge in [0, 0.05) is 6.42 Å². The van der Waals surface area contributed by atoms with Crippen molar-refractivity contribution in [1.29, 1.82) is 0 Å². The van der Waals surface area contributed by atoms with Gasteiger partial charge >= 0.3 is 0 Å². The molecule has 0 amide bonds. The minimum Gasteiger partial charge on any atom is -0.251 e. The molecule has 0 heterocycles. The molecule has 0 aliphatic rings. The first-order valence-electron chi connectivity index (χ1n) is 5.09. The van der Waals surface area contributed by atoms with Gasteiger partial charge in [-0.1, -0.05) is 13.8 Å². The summed E-state index contributed by atoms with van der Waals surface area (Å²) in [5.41, 5.74) is 0. The second kappa shape index (κ2) is 7.01. The lowest BCUT2D eigenvalue weighted by atomic mass is 9.97. The molecule has 6 heteroatoms. The zero-order chi connectivity index (χ0) is 12.9. The summed E-state index contributed by atoms with van der Waals surface area (Å²) in [4.78, 5) is 0. The Morgan fingerprint density at radius 3 is 1.56 bits per heavy atom. The fraction of sp³-hybridized carbons (Fsp3) is 1.00. The molecule has 0 aromatic rings. The average molecular weight is 250 g/mol. The summed E-state index contributed by atoms with van der Waals surface area (Å²) in [6, 6.07) is 0. The Kier molecular flexibility index (Phi) is 6.83. The minimum atomic E-state index is -2.90. The van der Waals surface area contributed by atoms with Crippen LogP contribution in [0.25, 0.3) is 0 Å². The number of hydrogen-bond acceptors (Lipinski definition) is 0. The van der Waals surface area contributed by atoms with Crippen LogP contribution in [0.4, 0.5) is 26.3 Å². The van der Waals surface area contributed by atoms with E-state index in [1.807, 2.05) is 0 Å². The first-order chi connectivity index (χ1) is 7.32. The van der Waals surface area contributed by atoms with Gasteiger partial charge in [0.1, 0.15) is 12.3 Å². The van der Waals surface area contributed by atoms with E-state index in [1.165, 1.54) is 13.8 Å². The van der Waals surface area contributed by atoms with Gasteiger partial charge < -0.3 is 0 Å². The normalized spacial score (nSPS) is 21.6. The zero-order valence-electron chi connectivity index (χ0n) is 9.15. The van der Waals surface area contributed by atoms with E-state index in [0.717, 1.165) is 0 Å². The highest BCUT2D eigenvalue weighted by atomic mass is 19.2. The van der Waals surface area contributed by atoms with Crippen molar-refractivity contribution in [3.8, 4) is 0 Å². The fourth-order valence-electron chi connectivity index (χ4n) is 1.18. The second-order valence-corrected chi connectivity index (χ2v) is 4.02. The largest absolute Gasteiger partial charge is 0.251 e. The van der Waals surface area contributed by atoms with Crippen molar-refractivity contribution in [2.45, 2.75) is 51.1 Å². The lowest BCUT2D eigenvalue weighted by molar-refractivity contribution is -0.0122. The summed E-state index contributed by atoms with van der Waals surface area (Å²) in [5.74, 6) is -0.834. The number of halogens is 6. The number of rotatable bonds is 7. The maximum atomic E-state index is 13.0. The highest BCUT2D eigenvalue weighted by Gasteiger charge is 2.40. The van der Waals surface area contributed by atoms with Crippen molar-refractivity contribution in [3.63, 3.8) is 0 Å². The van der Waals surface area contributed by atoms with E-state index in [-0.39, 0.29) is 0 Å². The summed E-state index contributed by atoms with van der Waals surface area (Å²) >= 11 is 0. The quantitative estimate of drug-likeness (QED) is 0.604. The van der Waals surface area contributed by atoms with Gasteiger partial charge in [-0.2, -0.15) is 0 Å². The van der Waals surface area contributed by atoms with Crippen LogP contribution >= 0.6 is 0 Å². The molecule has 5 atom stereocenters. The van der Waals surface area contributed by atoms with E-state index < -0.39 is 49.9 Å². The van der Waals surface area contributed by atoms with E-state index in [0.29, 0.717) is 0 Å². The van der Waals surface area contributed by atoms with Gasteiger partial charge in [-0.05, 0) is 5.92 Å². The molecular weight excluding hydrogens is 234 g/mol. The van der Waals surface area contributed by atoms with E-state index in [2.05, 4.69) is 0 Å². The summed E-state index contributed by atoms with van der Waals surface area (Å²) in [6.45, 7) is 1.42. The van der Waals surface area contributed by atoms with E-state index in [9.17, 15) is 26.3 Å². The summed E-state index contributed by atoms with van der Waals surface area (Å²) in [6.07, 6.45) is -14.0. The molecular formula is C10H16F6. The third kappa shape index (κ3) is 4.22. The highest BCUT2D eigenvalue weighted by molar-refractivity contribution is 4.87. The van der Waals surface area contributed by atoms with Crippen molar-refractivity contribution in [3.05, 3.63) is 0 Å². The van der Waals surface area contributed by atoms with Gasteiger partial charge in [0.05, 0.1) is 6.67 Å². The Bertz CT molecular complexity index is 186. The SMILES string of the molecule is CC(C)C(F)C(F)C(F)C(F)C(F)CCF. The molecule has 0 aliphatic carbocycles. The molecule has 0 fully saturated rings. The molecule has 0 aliphatic heterocycles. The topological polar surface area (TPSA) is 0 Å². The van der Waals surface area contributed by atoms with Gasteiger partial charge in [0.15, 0.2) is 18.5 Å². The van der Waals surface area contributed by atoms with Crippen LogP contribution in [0.5, 0.6) is 0 Å². The maximum Gasteiger partial charge on any atom is 0.168 e. The summed E-state index contributed by atoms with van der Waals surface area (Å²) in [5, 5.41) is 0. The third-order valence-electron chi connectivity index (χ3n) is 2.28. The molecule has 0 aromatic heterocycles. The summed E-state index contributed by atoms with van der Waals surface area (Å²) in [7, 11) is 0. The van der Waals surface area contributed by atoms with Crippen molar-refractivity contribution in [2.75, 3.05) is 6.67 Å². The Morgan fingerprint density at radius 1 is 0.750 bits per heavy atom. The molecule has 0 rings (SSSR count). The van der Waals surface area contributed by atoms with Crippen LogP contribution in [0.15, 0.2) is 0 Å². The lowest BCUT2D eigenvalue weighted by Gasteiger charge is -2.23. The smallest absolute Gasteiger partial charge is 0.168 e. The Hall–Kier alpha value is -0.420. The maximum absolute atomic E-state index is 13.0. The van der Waals surface area contributed by atoms with Gasteiger partial charge in [-0.25, -0.2) is 22.0 Å². The van der Waals surface area contributed by atoms with Crippen LogP contribution in [0.3, 0.4) is 0 Å². The van der Waals surface area contributed by atoms with Crippen molar-refractivity contribution >= 4 is 0 Å². The Balaban J connectivity index is 4.36. The Morgan fingerprint density at radius 2 is 1.19 bits per heavy atom. The average Bonchev–Trinajstić information content (AvgIpc) is 2.25. The third-order valence-corrected chi connectivity index (χ3v) is 2.28. The van der Waals surface area contributed by atoms with Crippen molar-refractivity contribution in [1.82, 2.24) is 0 Å². The van der Waals surface area contributed by atoms with E-state index in [4.69, 9.17) is 0 Å². The van der Waals surface area contributed by atoms with Crippen LogP contribution in [0.1, 0.15) is 20.3 Å². The predicted molar refractivity (Wildman–Crippen MR) is 49.9 cm³/mol. The summed E-state index contributed by atoms with van der Waals surface area (Å²) < 4.78 is 76.4. The van der Waals surface area contributed by atoms with Crippen LogP contribution in [-0.2, 0) is 0 Å². The Labute approximate surface area is 91.0 Å².